The number of piperazine rings is 1. The molecular weight excluding hydrogens is 456 g/mol. The molecule has 3 rings (SSSR count). The van der Waals surface area contributed by atoms with Crippen LogP contribution in [0.5, 0.6) is 0 Å². The molecule has 1 N–H and O–H groups in total. The molecule has 1 saturated heterocycles. The first-order valence-electron chi connectivity index (χ1n) is 10.2. The Morgan fingerprint density at radius 1 is 1.06 bits per heavy atom. The summed E-state index contributed by atoms with van der Waals surface area (Å²) in [6.45, 7) is 8.69. The highest BCUT2D eigenvalue weighted by atomic mass is 32.2. The van der Waals surface area contributed by atoms with Crippen LogP contribution < -0.4 is 4.72 Å². The predicted octanol–water partition coefficient (Wildman–Crippen LogP) is 1.11. The Morgan fingerprint density at radius 3 is 2.22 bits per heavy atom. The Balaban J connectivity index is 1.66. The lowest BCUT2D eigenvalue weighted by Gasteiger charge is -2.35. The predicted molar refractivity (Wildman–Crippen MR) is 117 cm³/mol. The summed E-state index contributed by atoms with van der Waals surface area (Å²) in [4.78, 5) is 14.5. The van der Waals surface area contributed by atoms with Gasteiger partial charge >= 0.3 is 0 Å². The van der Waals surface area contributed by atoms with Crippen LogP contribution in [0, 0.1) is 27.7 Å². The van der Waals surface area contributed by atoms with Gasteiger partial charge in [0.15, 0.2) is 5.76 Å². The Bertz CT molecular complexity index is 1210. The molecule has 2 heterocycles. The van der Waals surface area contributed by atoms with Gasteiger partial charge in [-0.05, 0) is 46.2 Å². The maximum Gasteiger partial charge on any atom is 0.246 e. The van der Waals surface area contributed by atoms with Crippen molar-refractivity contribution < 1.29 is 26.2 Å². The summed E-state index contributed by atoms with van der Waals surface area (Å²) in [7, 11) is -7.68. The van der Waals surface area contributed by atoms with Crippen molar-refractivity contribution >= 4 is 26.0 Å². The third-order valence-electron chi connectivity index (χ3n) is 5.44. The van der Waals surface area contributed by atoms with Crippen LogP contribution in [0.15, 0.2) is 32.5 Å². The Labute approximate surface area is 188 Å². The molecule has 2 aromatic rings. The van der Waals surface area contributed by atoms with E-state index < -0.39 is 32.0 Å². The van der Waals surface area contributed by atoms with E-state index in [2.05, 4.69) is 9.88 Å². The van der Waals surface area contributed by atoms with Crippen molar-refractivity contribution in [2.45, 2.75) is 50.5 Å². The molecule has 12 heteroatoms. The Kier molecular flexibility index (Phi) is 6.80. The van der Waals surface area contributed by atoms with Crippen LogP contribution in [0.2, 0.25) is 0 Å². The molecule has 1 amide bonds. The molecule has 0 bridgehead atoms. The number of nitrogens with zero attached hydrogens (tertiary/aromatic N) is 3. The van der Waals surface area contributed by atoms with Crippen molar-refractivity contribution in [1.82, 2.24) is 19.1 Å². The van der Waals surface area contributed by atoms with Gasteiger partial charge in [0.05, 0.1) is 10.9 Å². The van der Waals surface area contributed by atoms with E-state index in [1.54, 1.807) is 19.1 Å². The molecule has 1 atom stereocenters. The Morgan fingerprint density at radius 2 is 1.69 bits per heavy atom. The number of nitrogens with one attached hydrogen (secondary N) is 1. The number of benzene rings is 1. The molecule has 1 aromatic carbocycles. The van der Waals surface area contributed by atoms with Gasteiger partial charge < -0.3 is 9.42 Å². The van der Waals surface area contributed by atoms with Crippen LogP contribution in [0.25, 0.3) is 0 Å². The summed E-state index contributed by atoms with van der Waals surface area (Å²) in [5.41, 5.74) is 1.86. The zero-order valence-electron chi connectivity index (χ0n) is 18.7. The smallest absolute Gasteiger partial charge is 0.246 e. The van der Waals surface area contributed by atoms with Crippen LogP contribution >= 0.6 is 0 Å². The number of aryl methyl sites for hydroxylation is 4. The second-order valence-electron chi connectivity index (χ2n) is 7.99. The molecule has 0 spiro atoms. The maximum absolute atomic E-state index is 13.0. The number of aromatic nitrogens is 1. The lowest BCUT2D eigenvalue weighted by molar-refractivity contribution is -0.133. The molecule has 176 valence electrons. The molecular formula is C20H28N4O6S2. The highest BCUT2D eigenvalue weighted by Gasteiger charge is 2.34. The van der Waals surface area contributed by atoms with Crippen molar-refractivity contribution in [3.05, 3.63) is 40.8 Å². The number of hydrogen-bond acceptors (Lipinski definition) is 7. The maximum atomic E-state index is 13.0. The third kappa shape index (κ3) is 4.72. The van der Waals surface area contributed by atoms with E-state index in [0.717, 1.165) is 5.56 Å². The molecule has 0 saturated carbocycles. The minimum absolute atomic E-state index is 0.0819. The summed E-state index contributed by atoms with van der Waals surface area (Å²) in [6, 6.07) is 4.14. The van der Waals surface area contributed by atoms with Crippen LogP contribution in [-0.4, -0.2) is 69.3 Å². The molecule has 0 radical (unpaired) electrons. The summed E-state index contributed by atoms with van der Waals surface area (Å²) in [5.74, 6) is -0.288. The van der Waals surface area contributed by atoms with Crippen LogP contribution in [0.4, 0.5) is 0 Å². The van der Waals surface area contributed by atoms with Crippen molar-refractivity contribution in [1.29, 1.82) is 0 Å². The number of amides is 1. The molecule has 1 aliphatic heterocycles. The van der Waals surface area contributed by atoms with Gasteiger partial charge in [0.25, 0.3) is 0 Å². The van der Waals surface area contributed by atoms with Gasteiger partial charge in [-0.2, -0.15) is 9.03 Å². The molecule has 1 aromatic heterocycles. The van der Waals surface area contributed by atoms with E-state index in [4.69, 9.17) is 4.52 Å². The zero-order valence-corrected chi connectivity index (χ0v) is 20.4. The van der Waals surface area contributed by atoms with Gasteiger partial charge in [0, 0.05) is 26.2 Å². The zero-order chi connectivity index (χ0) is 23.8. The van der Waals surface area contributed by atoms with Crippen molar-refractivity contribution in [3.63, 3.8) is 0 Å². The summed E-state index contributed by atoms with van der Waals surface area (Å²) < 4.78 is 60.0. The number of hydrogen-bond donors (Lipinski definition) is 1. The van der Waals surface area contributed by atoms with E-state index in [1.165, 1.54) is 30.0 Å². The number of rotatable bonds is 6. The first kappa shape index (κ1) is 24.4. The van der Waals surface area contributed by atoms with E-state index in [0.29, 0.717) is 5.56 Å². The molecule has 0 aliphatic carbocycles. The minimum Gasteiger partial charge on any atom is -0.360 e. The second-order valence-corrected chi connectivity index (χ2v) is 11.6. The average Bonchev–Trinajstić information content (AvgIpc) is 3.05. The van der Waals surface area contributed by atoms with Gasteiger partial charge in [0.2, 0.25) is 26.0 Å². The summed E-state index contributed by atoms with van der Waals surface area (Å²) in [5, 5.41) is 3.64. The normalized spacial score (nSPS) is 16.8. The van der Waals surface area contributed by atoms with Crippen LogP contribution in [0.1, 0.15) is 29.5 Å². The fourth-order valence-corrected chi connectivity index (χ4v) is 7.00. The third-order valence-corrected chi connectivity index (χ3v) is 9.28. The van der Waals surface area contributed by atoms with Crippen LogP contribution in [0.3, 0.4) is 0 Å². The minimum atomic E-state index is -4.00. The summed E-state index contributed by atoms with van der Waals surface area (Å²) in [6.07, 6.45) is 0. The van der Waals surface area contributed by atoms with E-state index in [9.17, 15) is 21.6 Å². The topological polar surface area (TPSA) is 130 Å². The van der Waals surface area contributed by atoms with Gasteiger partial charge in [-0.1, -0.05) is 22.9 Å². The fourth-order valence-electron chi connectivity index (χ4n) is 3.85. The average molecular weight is 485 g/mol. The quantitative estimate of drug-likeness (QED) is 0.650. The first-order valence-corrected chi connectivity index (χ1v) is 13.1. The first-order chi connectivity index (χ1) is 14.8. The van der Waals surface area contributed by atoms with Gasteiger partial charge in [0.1, 0.15) is 10.6 Å². The van der Waals surface area contributed by atoms with Crippen molar-refractivity contribution in [2.24, 2.45) is 0 Å². The highest BCUT2D eigenvalue weighted by Crippen LogP contribution is 2.23. The fraction of sp³-hybridized carbons (Fsp3) is 0.500. The number of carbonyl (C=O) groups excluding carboxylic acids is 1. The van der Waals surface area contributed by atoms with E-state index in [1.807, 2.05) is 13.0 Å². The Hall–Kier alpha value is -2.28. The lowest BCUT2D eigenvalue weighted by atomic mass is 10.2. The SMILES string of the molecule is Cc1ccc(S(=O)(=O)N2CCN(C(=O)[C@H](C)NS(=O)(=O)c3c(C)noc3C)CC2)c(C)c1. The second kappa shape index (κ2) is 8.93. The van der Waals surface area contributed by atoms with Crippen molar-refractivity contribution in [3.8, 4) is 0 Å². The molecule has 32 heavy (non-hydrogen) atoms. The van der Waals surface area contributed by atoms with Crippen LogP contribution in [-0.2, 0) is 24.8 Å². The molecule has 1 aliphatic rings. The van der Waals surface area contributed by atoms with Gasteiger partial charge in [-0.15, -0.1) is 0 Å². The monoisotopic (exact) mass is 484 g/mol. The molecule has 10 nitrogen and oxygen atoms in total. The van der Waals surface area contributed by atoms with Gasteiger partial charge in [-0.3, -0.25) is 4.79 Å². The molecule has 0 unspecified atom stereocenters. The molecule has 1 fully saturated rings. The number of sulfonamides is 2. The standard InChI is InChI=1S/C20H28N4O6S2/c1-13-6-7-18(14(2)12-13)32(28,29)24-10-8-23(9-11-24)20(25)16(4)22-31(26,27)19-15(3)21-30-17(19)5/h6-7,12,16,22H,8-11H2,1-5H3/t16-/m0/s1. The van der Waals surface area contributed by atoms with Crippen molar-refractivity contribution in [2.75, 3.05) is 26.2 Å². The van der Waals surface area contributed by atoms with Gasteiger partial charge in [-0.25, -0.2) is 16.8 Å². The summed E-state index contributed by atoms with van der Waals surface area (Å²) >= 11 is 0. The van der Waals surface area contributed by atoms with E-state index in [-0.39, 0.29) is 47.4 Å². The largest absolute Gasteiger partial charge is 0.360 e. The lowest BCUT2D eigenvalue weighted by Crippen LogP contribution is -2.55. The number of carbonyl (C=O) groups is 1. The highest BCUT2D eigenvalue weighted by molar-refractivity contribution is 7.89. The van der Waals surface area contributed by atoms with E-state index >= 15 is 0 Å².